The Morgan fingerprint density at radius 2 is 2.10 bits per heavy atom. The van der Waals surface area contributed by atoms with Crippen molar-refractivity contribution in [3.8, 4) is 11.3 Å². The number of carbonyl (C=O) groups is 1. The van der Waals surface area contributed by atoms with E-state index in [2.05, 4.69) is 5.32 Å². The van der Waals surface area contributed by atoms with Crippen LogP contribution in [0.4, 0.5) is 0 Å². The number of thiophene rings is 1. The second kappa shape index (κ2) is 6.28. The molecule has 3 rings (SSSR count). The number of rotatable bonds is 5. The molecule has 0 atom stereocenters. The Bertz CT molecular complexity index is 724. The van der Waals surface area contributed by atoms with Crippen molar-refractivity contribution in [2.45, 2.75) is 6.54 Å². The average molecular weight is 299 g/mol. The van der Waals surface area contributed by atoms with E-state index in [0.717, 1.165) is 16.2 Å². The van der Waals surface area contributed by atoms with E-state index < -0.39 is 0 Å². The Morgan fingerprint density at radius 1 is 1.24 bits per heavy atom. The van der Waals surface area contributed by atoms with Crippen LogP contribution in [0, 0.1) is 0 Å². The van der Waals surface area contributed by atoms with E-state index >= 15 is 0 Å². The molecule has 5 heteroatoms. The van der Waals surface area contributed by atoms with Gasteiger partial charge in [-0.15, -0.1) is 11.3 Å². The summed E-state index contributed by atoms with van der Waals surface area (Å²) in [6, 6.07) is 9.35. The molecule has 0 fully saturated rings. The molecule has 3 aromatic heterocycles. The molecule has 0 aliphatic rings. The van der Waals surface area contributed by atoms with Crippen molar-refractivity contribution in [3.05, 3.63) is 65.0 Å². The Kier molecular flexibility index (Phi) is 4.02. The highest BCUT2D eigenvalue weighted by Crippen LogP contribution is 2.25. The van der Waals surface area contributed by atoms with Gasteiger partial charge >= 0.3 is 0 Å². The molecule has 4 nitrogen and oxygen atoms in total. The van der Waals surface area contributed by atoms with E-state index in [1.807, 2.05) is 23.6 Å². The van der Waals surface area contributed by atoms with Crippen LogP contribution in [0.15, 0.2) is 63.1 Å². The van der Waals surface area contributed by atoms with E-state index in [9.17, 15) is 4.79 Å². The second-order valence-electron chi connectivity index (χ2n) is 4.35. The average Bonchev–Trinajstić information content (AvgIpc) is 3.24. The van der Waals surface area contributed by atoms with Gasteiger partial charge in [-0.2, -0.15) is 0 Å². The molecule has 0 spiro atoms. The first-order chi connectivity index (χ1) is 10.3. The summed E-state index contributed by atoms with van der Waals surface area (Å²) in [4.78, 5) is 12.8. The van der Waals surface area contributed by atoms with Crippen molar-refractivity contribution in [1.82, 2.24) is 5.32 Å². The van der Waals surface area contributed by atoms with Crippen LogP contribution >= 0.6 is 11.3 Å². The first kappa shape index (κ1) is 13.5. The molecule has 0 saturated heterocycles. The molecule has 0 bridgehead atoms. The predicted molar refractivity (Wildman–Crippen MR) is 81.6 cm³/mol. The zero-order chi connectivity index (χ0) is 14.5. The molecule has 21 heavy (non-hydrogen) atoms. The van der Waals surface area contributed by atoms with Crippen molar-refractivity contribution in [3.63, 3.8) is 0 Å². The standard InChI is InChI=1S/C16H13NO3S/c18-16(6-5-13-3-1-7-19-13)17-10-14-9-12(11-21-14)15-4-2-8-20-15/h1-9,11H,10H2,(H,17,18)/b6-5+. The third kappa shape index (κ3) is 3.52. The maximum atomic E-state index is 11.7. The van der Waals surface area contributed by atoms with Crippen LogP contribution in [0.1, 0.15) is 10.6 Å². The van der Waals surface area contributed by atoms with Crippen LogP contribution in [0.2, 0.25) is 0 Å². The lowest BCUT2D eigenvalue weighted by Crippen LogP contribution is -2.19. The van der Waals surface area contributed by atoms with Gasteiger partial charge in [0.05, 0.1) is 19.1 Å². The lowest BCUT2D eigenvalue weighted by molar-refractivity contribution is -0.116. The molecule has 1 amide bonds. The van der Waals surface area contributed by atoms with Crippen molar-refractivity contribution < 1.29 is 13.6 Å². The molecular weight excluding hydrogens is 286 g/mol. The number of carbonyl (C=O) groups excluding carboxylic acids is 1. The van der Waals surface area contributed by atoms with Crippen LogP contribution in [-0.2, 0) is 11.3 Å². The summed E-state index contributed by atoms with van der Waals surface area (Å²) in [7, 11) is 0. The third-order valence-electron chi connectivity index (χ3n) is 2.84. The van der Waals surface area contributed by atoms with E-state index in [1.54, 1.807) is 42.1 Å². The lowest BCUT2D eigenvalue weighted by atomic mass is 10.2. The Labute approximate surface area is 125 Å². The second-order valence-corrected chi connectivity index (χ2v) is 5.34. The summed E-state index contributed by atoms with van der Waals surface area (Å²) >= 11 is 1.59. The number of hydrogen-bond donors (Lipinski definition) is 1. The van der Waals surface area contributed by atoms with Gasteiger partial charge in [0.25, 0.3) is 0 Å². The minimum absolute atomic E-state index is 0.153. The maximum Gasteiger partial charge on any atom is 0.244 e. The van der Waals surface area contributed by atoms with Gasteiger partial charge < -0.3 is 14.2 Å². The van der Waals surface area contributed by atoms with Crippen LogP contribution in [0.25, 0.3) is 17.4 Å². The van der Waals surface area contributed by atoms with Crippen molar-refractivity contribution >= 4 is 23.3 Å². The van der Waals surface area contributed by atoms with Crippen molar-refractivity contribution in [2.24, 2.45) is 0 Å². The molecule has 0 aliphatic heterocycles. The highest BCUT2D eigenvalue weighted by molar-refractivity contribution is 7.10. The molecule has 0 unspecified atom stereocenters. The first-order valence-electron chi connectivity index (χ1n) is 6.42. The van der Waals surface area contributed by atoms with Crippen LogP contribution in [0.5, 0.6) is 0 Å². The van der Waals surface area contributed by atoms with Gasteiger partial charge in [0.1, 0.15) is 11.5 Å². The minimum Gasteiger partial charge on any atom is -0.465 e. The molecule has 0 radical (unpaired) electrons. The maximum absolute atomic E-state index is 11.7. The normalized spacial score (nSPS) is 11.0. The number of nitrogens with one attached hydrogen (secondary N) is 1. The fourth-order valence-electron chi connectivity index (χ4n) is 1.82. The Hall–Kier alpha value is -2.53. The summed E-state index contributed by atoms with van der Waals surface area (Å²) < 4.78 is 10.5. The quantitative estimate of drug-likeness (QED) is 0.726. The van der Waals surface area contributed by atoms with Crippen LogP contribution < -0.4 is 5.32 Å². The summed E-state index contributed by atoms with van der Waals surface area (Å²) in [5.41, 5.74) is 1.03. The van der Waals surface area contributed by atoms with Gasteiger partial charge in [-0.3, -0.25) is 4.79 Å². The van der Waals surface area contributed by atoms with Gasteiger partial charge in [0, 0.05) is 21.9 Å². The largest absolute Gasteiger partial charge is 0.465 e. The van der Waals surface area contributed by atoms with E-state index in [0.29, 0.717) is 12.3 Å². The van der Waals surface area contributed by atoms with Gasteiger partial charge in [-0.1, -0.05) is 0 Å². The number of furan rings is 2. The van der Waals surface area contributed by atoms with Gasteiger partial charge in [-0.25, -0.2) is 0 Å². The van der Waals surface area contributed by atoms with Gasteiger partial charge in [-0.05, 0) is 36.4 Å². The van der Waals surface area contributed by atoms with Crippen molar-refractivity contribution in [1.29, 1.82) is 0 Å². The molecular formula is C16H13NO3S. The predicted octanol–water partition coefficient (Wildman–Crippen LogP) is 3.93. The smallest absolute Gasteiger partial charge is 0.244 e. The third-order valence-corrected chi connectivity index (χ3v) is 3.78. The van der Waals surface area contributed by atoms with Gasteiger partial charge in [0.15, 0.2) is 0 Å². The molecule has 0 saturated carbocycles. The Balaban J connectivity index is 1.54. The highest BCUT2D eigenvalue weighted by atomic mass is 32.1. The fraction of sp³-hybridized carbons (Fsp3) is 0.0625. The summed E-state index contributed by atoms with van der Waals surface area (Å²) in [5.74, 6) is 1.34. The molecule has 0 aromatic carbocycles. The Morgan fingerprint density at radius 3 is 2.86 bits per heavy atom. The zero-order valence-electron chi connectivity index (χ0n) is 11.1. The monoisotopic (exact) mass is 299 g/mol. The topological polar surface area (TPSA) is 55.4 Å². The van der Waals surface area contributed by atoms with Crippen LogP contribution in [0.3, 0.4) is 0 Å². The van der Waals surface area contributed by atoms with Crippen LogP contribution in [-0.4, -0.2) is 5.91 Å². The van der Waals surface area contributed by atoms with E-state index in [1.165, 1.54) is 6.08 Å². The summed E-state index contributed by atoms with van der Waals surface area (Å²) in [5, 5.41) is 4.85. The molecule has 3 heterocycles. The van der Waals surface area contributed by atoms with Gasteiger partial charge in [0.2, 0.25) is 5.91 Å². The molecule has 0 aliphatic carbocycles. The lowest BCUT2D eigenvalue weighted by Gasteiger charge is -1.98. The SMILES string of the molecule is O=C(/C=C/c1ccco1)NCc1cc(-c2ccco2)cs1. The van der Waals surface area contributed by atoms with E-state index in [4.69, 9.17) is 8.83 Å². The van der Waals surface area contributed by atoms with E-state index in [-0.39, 0.29) is 5.91 Å². The fourth-order valence-corrected chi connectivity index (χ4v) is 2.64. The zero-order valence-corrected chi connectivity index (χ0v) is 11.9. The highest BCUT2D eigenvalue weighted by Gasteiger charge is 2.05. The number of amides is 1. The number of hydrogen-bond acceptors (Lipinski definition) is 4. The van der Waals surface area contributed by atoms with Crippen molar-refractivity contribution in [2.75, 3.05) is 0 Å². The molecule has 106 valence electrons. The molecule has 1 N–H and O–H groups in total. The summed E-state index contributed by atoms with van der Waals surface area (Å²) in [6.07, 6.45) is 6.31. The summed E-state index contributed by atoms with van der Waals surface area (Å²) in [6.45, 7) is 0.493. The minimum atomic E-state index is -0.153. The molecule has 3 aromatic rings. The first-order valence-corrected chi connectivity index (χ1v) is 7.30.